The molecule has 0 saturated carbocycles. The Labute approximate surface area is 183 Å². The number of rotatable bonds is 8. The van der Waals surface area contributed by atoms with Crippen molar-refractivity contribution in [2.24, 2.45) is 0 Å². The van der Waals surface area contributed by atoms with Crippen molar-refractivity contribution in [3.63, 3.8) is 0 Å². The largest absolute Gasteiger partial charge is 0.496 e. The number of piperidine rings is 1. The molecule has 1 saturated heterocycles. The van der Waals surface area contributed by atoms with Crippen LogP contribution in [-0.4, -0.2) is 38.8 Å². The summed E-state index contributed by atoms with van der Waals surface area (Å²) >= 11 is 6.12. The van der Waals surface area contributed by atoms with E-state index in [-0.39, 0.29) is 17.2 Å². The van der Waals surface area contributed by atoms with Crippen LogP contribution in [0.4, 0.5) is 0 Å². The van der Waals surface area contributed by atoms with Crippen LogP contribution in [0.5, 0.6) is 5.75 Å². The predicted octanol–water partition coefficient (Wildman–Crippen LogP) is 3.77. The van der Waals surface area contributed by atoms with Gasteiger partial charge in [0.2, 0.25) is 15.9 Å². The molecule has 1 fully saturated rings. The highest BCUT2D eigenvalue weighted by atomic mass is 35.5. The van der Waals surface area contributed by atoms with Gasteiger partial charge in [0.25, 0.3) is 0 Å². The van der Waals surface area contributed by atoms with Crippen molar-refractivity contribution in [3.8, 4) is 5.75 Å². The van der Waals surface area contributed by atoms with Gasteiger partial charge in [0, 0.05) is 31.1 Å². The van der Waals surface area contributed by atoms with Crippen LogP contribution in [0.2, 0.25) is 5.02 Å². The van der Waals surface area contributed by atoms with Crippen molar-refractivity contribution in [1.29, 1.82) is 0 Å². The second-order valence-electron chi connectivity index (χ2n) is 7.31. The highest BCUT2D eigenvalue weighted by Crippen LogP contribution is 2.27. The highest BCUT2D eigenvalue weighted by Gasteiger charge is 2.26. The number of sulfonamides is 1. The Bertz CT molecular complexity index is 988. The lowest BCUT2D eigenvalue weighted by Crippen LogP contribution is -2.35. The SMILES string of the molecule is COc1ccc(S(=O)(=O)N2CCCCC2)cc1CCC(=O)NCc1ccccc1Cl. The molecule has 1 heterocycles. The van der Waals surface area contributed by atoms with E-state index < -0.39 is 10.0 Å². The number of nitrogens with zero attached hydrogens (tertiary/aromatic N) is 1. The number of nitrogens with one attached hydrogen (secondary N) is 1. The summed E-state index contributed by atoms with van der Waals surface area (Å²) in [6, 6.07) is 12.2. The maximum atomic E-state index is 13.0. The molecule has 2 aromatic rings. The second-order valence-corrected chi connectivity index (χ2v) is 9.65. The molecule has 3 rings (SSSR count). The normalized spacial score (nSPS) is 15.0. The second kappa shape index (κ2) is 10.3. The predicted molar refractivity (Wildman–Crippen MR) is 117 cm³/mol. The third-order valence-corrected chi connectivity index (χ3v) is 7.52. The van der Waals surface area contributed by atoms with Crippen molar-refractivity contribution in [2.45, 2.75) is 43.5 Å². The first kappa shape index (κ1) is 22.6. The minimum Gasteiger partial charge on any atom is -0.496 e. The number of carbonyl (C=O) groups excluding carboxylic acids is 1. The first-order valence-electron chi connectivity index (χ1n) is 10.1. The number of hydrogen-bond donors (Lipinski definition) is 1. The molecule has 0 spiro atoms. The fourth-order valence-electron chi connectivity index (χ4n) is 3.54. The third kappa shape index (κ3) is 5.53. The smallest absolute Gasteiger partial charge is 0.243 e. The minimum atomic E-state index is -3.54. The Morgan fingerprint density at radius 1 is 1.10 bits per heavy atom. The highest BCUT2D eigenvalue weighted by molar-refractivity contribution is 7.89. The molecule has 0 aromatic heterocycles. The van der Waals surface area contributed by atoms with Gasteiger partial charge in [-0.3, -0.25) is 4.79 Å². The molecular weight excluding hydrogens is 424 g/mol. The van der Waals surface area contributed by atoms with Crippen molar-refractivity contribution in [3.05, 3.63) is 58.6 Å². The average molecular weight is 451 g/mol. The molecule has 0 aliphatic carbocycles. The van der Waals surface area contributed by atoms with Gasteiger partial charge in [-0.2, -0.15) is 4.31 Å². The lowest BCUT2D eigenvalue weighted by molar-refractivity contribution is -0.121. The Kier molecular flexibility index (Phi) is 7.75. The van der Waals surface area contributed by atoms with Gasteiger partial charge in [-0.1, -0.05) is 36.2 Å². The topological polar surface area (TPSA) is 75.7 Å². The molecular formula is C22H27ClN2O4S. The molecule has 1 aliphatic rings. The van der Waals surface area contributed by atoms with Crippen molar-refractivity contribution in [1.82, 2.24) is 9.62 Å². The summed E-state index contributed by atoms with van der Waals surface area (Å²) in [5.41, 5.74) is 1.54. The standard InChI is InChI=1S/C22H27ClN2O4S/c1-29-21-11-10-19(30(27,28)25-13-5-2-6-14-25)15-17(21)9-12-22(26)24-16-18-7-3-4-8-20(18)23/h3-4,7-8,10-11,15H,2,5-6,9,12-14,16H2,1H3,(H,24,26). The molecule has 2 aromatic carbocycles. The summed E-state index contributed by atoms with van der Waals surface area (Å²) in [6.07, 6.45) is 3.42. The fraction of sp³-hybridized carbons (Fsp3) is 0.409. The zero-order valence-corrected chi connectivity index (χ0v) is 18.6. The molecule has 0 unspecified atom stereocenters. The zero-order valence-electron chi connectivity index (χ0n) is 17.1. The van der Waals surface area contributed by atoms with Gasteiger partial charge in [-0.25, -0.2) is 8.42 Å². The van der Waals surface area contributed by atoms with Crippen LogP contribution in [0.1, 0.15) is 36.8 Å². The van der Waals surface area contributed by atoms with Gasteiger partial charge in [0.15, 0.2) is 0 Å². The summed E-state index contributed by atoms with van der Waals surface area (Å²) in [5, 5.41) is 3.46. The monoisotopic (exact) mass is 450 g/mol. The van der Waals surface area contributed by atoms with Crippen LogP contribution in [0.15, 0.2) is 47.4 Å². The molecule has 30 heavy (non-hydrogen) atoms. The van der Waals surface area contributed by atoms with Crippen LogP contribution in [0.25, 0.3) is 0 Å². The molecule has 1 aliphatic heterocycles. The van der Waals surface area contributed by atoms with Crippen LogP contribution < -0.4 is 10.1 Å². The number of halogens is 1. The maximum Gasteiger partial charge on any atom is 0.243 e. The van der Waals surface area contributed by atoms with E-state index in [0.29, 0.717) is 42.4 Å². The number of amides is 1. The average Bonchev–Trinajstić information content (AvgIpc) is 2.77. The molecule has 162 valence electrons. The molecule has 1 amide bonds. The van der Waals surface area contributed by atoms with E-state index in [4.69, 9.17) is 16.3 Å². The third-order valence-electron chi connectivity index (χ3n) is 5.26. The maximum absolute atomic E-state index is 13.0. The number of carbonyl (C=O) groups is 1. The number of aryl methyl sites for hydroxylation is 1. The Morgan fingerprint density at radius 3 is 2.53 bits per heavy atom. The number of methoxy groups -OCH3 is 1. The summed E-state index contributed by atoms with van der Waals surface area (Å²) in [6.45, 7) is 1.45. The van der Waals surface area contributed by atoms with E-state index >= 15 is 0 Å². The van der Waals surface area contributed by atoms with Crippen LogP contribution in [-0.2, 0) is 27.8 Å². The van der Waals surface area contributed by atoms with E-state index in [1.54, 1.807) is 28.6 Å². The first-order chi connectivity index (χ1) is 14.4. The molecule has 0 bridgehead atoms. The van der Waals surface area contributed by atoms with E-state index in [2.05, 4.69) is 5.32 Å². The summed E-state index contributed by atoms with van der Waals surface area (Å²) < 4.78 is 32.8. The Hall–Kier alpha value is -2.09. The summed E-state index contributed by atoms with van der Waals surface area (Å²) in [5.74, 6) is 0.438. The van der Waals surface area contributed by atoms with Gasteiger partial charge in [-0.15, -0.1) is 0 Å². The van der Waals surface area contributed by atoms with Crippen LogP contribution in [0, 0.1) is 0 Å². The molecule has 0 atom stereocenters. The van der Waals surface area contributed by atoms with Crippen molar-refractivity contribution >= 4 is 27.5 Å². The van der Waals surface area contributed by atoms with Gasteiger partial charge < -0.3 is 10.1 Å². The molecule has 0 radical (unpaired) electrons. The van der Waals surface area contributed by atoms with Gasteiger partial charge in [0.05, 0.1) is 12.0 Å². The lowest BCUT2D eigenvalue weighted by atomic mass is 10.1. The Morgan fingerprint density at radius 2 is 1.83 bits per heavy atom. The Balaban J connectivity index is 1.66. The van der Waals surface area contributed by atoms with E-state index in [1.165, 1.54) is 7.11 Å². The molecule has 8 heteroatoms. The molecule has 1 N–H and O–H groups in total. The van der Waals surface area contributed by atoms with Crippen LogP contribution >= 0.6 is 11.6 Å². The van der Waals surface area contributed by atoms with Gasteiger partial charge >= 0.3 is 0 Å². The summed E-state index contributed by atoms with van der Waals surface area (Å²) in [4.78, 5) is 12.6. The molecule has 6 nitrogen and oxygen atoms in total. The quantitative estimate of drug-likeness (QED) is 0.664. The van der Waals surface area contributed by atoms with Crippen molar-refractivity contribution in [2.75, 3.05) is 20.2 Å². The number of hydrogen-bond acceptors (Lipinski definition) is 4. The van der Waals surface area contributed by atoms with E-state index in [0.717, 1.165) is 24.8 Å². The van der Waals surface area contributed by atoms with Crippen LogP contribution in [0.3, 0.4) is 0 Å². The summed E-state index contributed by atoms with van der Waals surface area (Å²) in [7, 11) is -2.00. The van der Waals surface area contributed by atoms with E-state index in [1.807, 2.05) is 18.2 Å². The lowest BCUT2D eigenvalue weighted by Gasteiger charge is -2.26. The zero-order chi connectivity index (χ0) is 21.6. The van der Waals surface area contributed by atoms with E-state index in [9.17, 15) is 13.2 Å². The van der Waals surface area contributed by atoms with Crippen molar-refractivity contribution < 1.29 is 17.9 Å². The van der Waals surface area contributed by atoms with Gasteiger partial charge in [0.1, 0.15) is 5.75 Å². The van der Waals surface area contributed by atoms with Gasteiger partial charge in [-0.05, 0) is 54.7 Å². The number of ether oxygens (including phenoxy) is 1. The fourth-order valence-corrected chi connectivity index (χ4v) is 5.31. The number of benzene rings is 2. The minimum absolute atomic E-state index is 0.138. The first-order valence-corrected chi connectivity index (χ1v) is 11.9.